The molecule has 0 atom stereocenters. The van der Waals surface area contributed by atoms with Gasteiger partial charge in [0, 0.05) is 32.6 Å². The van der Waals surface area contributed by atoms with Crippen molar-refractivity contribution in [1.82, 2.24) is 9.21 Å². The van der Waals surface area contributed by atoms with Crippen LogP contribution < -0.4 is 0 Å². The Kier molecular flexibility index (Phi) is 6.30. The Morgan fingerprint density at radius 1 is 1.21 bits per heavy atom. The summed E-state index contributed by atoms with van der Waals surface area (Å²) in [5.74, 6) is -0.713. The minimum absolute atomic E-state index is 0.00417. The quantitative estimate of drug-likeness (QED) is 0.752. The van der Waals surface area contributed by atoms with E-state index in [0.29, 0.717) is 24.9 Å². The average Bonchev–Trinajstić information content (AvgIpc) is 2.73. The zero-order valence-electron chi connectivity index (χ0n) is 16.1. The molecule has 6 nitrogen and oxygen atoms in total. The van der Waals surface area contributed by atoms with Crippen LogP contribution in [0.3, 0.4) is 0 Å². The lowest BCUT2D eigenvalue weighted by atomic mass is 9.96. The van der Waals surface area contributed by atoms with Gasteiger partial charge in [-0.1, -0.05) is 24.3 Å². The fourth-order valence-corrected chi connectivity index (χ4v) is 5.18. The van der Waals surface area contributed by atoms with Crippen molar-refractivity contribution in [3.8, 4) is 6.07 Å². The molecule has 2 aromatic rings. The van der Waals surface area contributed by atoms with Gasteiger partial charge in [-0.05, 0) is 42.7 Å². The SMILES string of the molecule is CN(Cc1cccc(F)c1)C(=O)C1CCN(S(=O)(=O)c2ccccc2C#N)CC1. The summed E-state index contributed by atoms with van der Waals surface area (Å²) in [6, 6.07) is 14.1. The Morgan fingerprint density at radius 2 is 1.90 bits per heavy atom. The molecule has 0 bridgehead atoms. The predicted molar refractivity (Wildman–Crippen MR) is 106 cm³/mol. The van der Waals surface area contributed by atoms with Crippen LogP contribution in [0.15, 0.2) is 53.4 Å². The summed E-state index contributed by atoms with van der Waals surface area (Å²) >= 11 is 0. The Morgan fingerprint density at radius 3 is 2.55 bits per heavy atom. The van der Waals surface area contributed by atoms with Gasteiger partial charge in [-0.25, -0.2) is 12.8 Å². The summed E-state index contributed by atoms with van der Waals surface area (Å²) in [7, 11) is -2.12. The molecular formula is C21H22FN3O3S. The van der Waals surface area contributed by atoms with Crippen LogP contribution in [0.2, 0.25) is 0 Å². The average molecular weight is 415 g/mol. The molecule has 2 aromatic carbocycles. The smallest absolute Gasteiger partial charge is 0.244 e. The number of carbonyl (C=O) groups excluding carboxylic acids is 1. The van der Waals surface area contributed by atoms with Gasteiger partial charge in [-0.15, -0.1) is 0 Å². The van der Waals surface area contributed by atoms with E-state index in [1.165, 1.54) is 28.6 Å². The number of piperidine rings is 1. The number of sulfonamides is 1. The number of halogens is 1. The van der Waals surface area contributed by atoms with Crippen LogP contribution in [0.1, 0.15) is 24.0 Å². The van der Waals surface area contributed by atoms with E-state index >= 15 is 0 Å². The highest BCUT2D eigenvalue weighted by atomic mass is 32.2. The molecular weight excluding hydrogens is 393 g/mol. The number of carbonyl (C=O) groups is 1. The van der Waals surface area contributed by atoms with E-state index in [4.69, 9.17) is 0 Å². The summed E-state index contributed by atoms with van der Waals surface area (Å²) in [6.07, 6.45) is 0.806. The van der Waals surface area contributed by atoms with Crippen LogP contribution in [0, 0.1) is 23.1 Å². The number of hydrogen-bond acceptors (Lipinski definition) is 4. The van der Waals surface area contributed by atoms with E-state index in [2.05, 4.69) is 0 Å². The lowest BCUT2D eigenvalue weighted by molar-refractivity contribution is -0.135. The molecule has 0 unspecified atom stereocenters. The van der Waals surface area contributed by atoms with Crippen molar-refractivity contribution in [2.24, 2.45) is 5.92 Å². The Labute approximate surface area is 170 Å². The second kappa shape index (κ2) is 8.72. The summed E-state index contributed by atoms with van der Waals surface area (Å²) in [4.78, 5) is 14.3. The van der Waals surface area contributed by atoms with Gasteiger partial charge in [0.05, 0.1) is 10.5 Å². The summed E-state index contributed by atoms with van der Waals surface area (Å²) in [6.45, 7) is 0.725. The van der Waals surface area contributed by atoms with Gasteiger partial charge in [0.15, 0.2) is 0 Å². The van der Waals surface area contributed by atoms with E-state index in [0.717, 1.165) is 0 Å². The first-order valence-corrected chi connectivity index (χ1v) is 10.8. The summed E-state index contributed by atoms with van der Waals surface area (Å²) in [5, 5.41) is 9.19. The molecule has 1 saturated heterocycles. The van der Waals surface area contributed by atoms with Crippen molar-refractivity contribution in [2.75, 3.05) is 20.1 Å². The number of rotatable bonds is 5. The number of nitriles is 1. The molecule has 1 heterocycles. The maximum Gasteiger partial charge on any atom is 0.244 e. The van der Waals surface area contributed by atoms with E-state index in [9.17, 15) is 22.9 Å². The van der Waals surface area contributed by atoms with Gasteiger partial charge >= 0.3 is 0 Å². The predicted octanol–water partition coefficient (Wildman–Crippen LogP) is 2.76. The zero-order valence-corrected chi connectivity index (χ0v) is 16.9. The van der Waals surface area contributed by atoms with Gasteiger partial charge in [0.25, 0.3) is 0 Å². The Hall–Kier alpha value is -2.76. The Balaban J connectivity index is 1.64. The molecule has 1 amide bonds. The number of nitrogens with zero attached hydrogens (tertiary/aromatic N) is 3. The summed E-state index contributed by atoms with van der Waals surface area (Å²) < 4.78 is 40.5. The molecule has 152 valence electrons. The molecule has 0 saturated carbocycles. The van der Waals surface area contributed by atoms with Gasteiger partial charge < -0.3 is 4.90 Å². The van der Waals surface area contributed by atoms with Crippen LogP contribution >= 0.6 is 0 Å². The maximum absolute atomic E-state index is 13.3. The maximum atomic E-state index is 13.3. The number of hydrogen-bond donors (Lipinski definition) is 0. The highest BCUT2D eigenvalue weighted by Crippen LogP contribution is 2.26. The van der Waals surface area contributed by atoms with Crippen LogP contribution in [0.4, 0.5) is 4.39 Å². The lowest BCUT2D eigenvalue weighted by Crippen LogP contribution is -2.43. The fraction of sp³-hybridized carbons (Fsp3) is 0.333. The monoisotopic (exact) mass is 415 g/mol. The van der Waals surface area contributed by atoms with Crippen LogP contribution in [-0.2, 0) is 21.4 Å². The minimum atomic E-state index is -3.78. The van der Waals surface area contributed by atoms with E-state index < -0.39 is 10.0 Å². The molecule has 0 aliphatic carbocycles. The van der Waals surface area contributed by atoms with E-state index in [-0.39, 0.29) is 41.2 Å². The zero-order chi connectivity index (χ0) is 21.0. The molecule has 1 aliphatic heterocycles. The number of amides is 1. The largest absolute Gasteiger partial charge is 0.341 e. The van der Waals surface area contributed by atoms with Crippen molar-refractivity contribution in [3.05, 3.63) is 65.5 Å². The normalized spacial score (nSPS) is 15.6. The highest BCUT2D eigenvalue weighted by molar-refractivity contribution is 7.89. The second-order valence-electron chi connectivity index (χ2n) is 7.11. The van der Waals surface area contributed by atoms with Gasteiger partial charge in [0.1, 0.15) is 11.9 Å². The third-order valence-electron chi connectivity index (χ3n) is 5.11. The van der Waals surface area contributed by atoms with Crippen molar-refractivity contribution >= 4 is 15.9 Å². The van der Waals surface area contributed by atoms with Crippen molar-refractivity contribution in [3.63, 3.8) is 0 Å². The molecule has 0 radical (unpaired) electrons. The van der Waals surface area contributed by atoms with Crippen LogP contribution in [0.25, 0.3) is 0 Å². The van der Waals surface area contributed by atoms with E-state index in [1.807, 2.05) is 6.07 Å². The fourth-order valence-electron chi connectivity index (χ4n) is 3.56. The minimum Gasteiger partial charge on any atom is -0.341 e. The second-order valence-corrected chi connectivity index (χ2v) is 9.02. The summed E-state index contributed by atoms with van der Waals surface area (Å²) in [5.41, 5.74) is 0.814. The van der Waals surface area contributed by atoms with Crippen molar-refractivity contribution in [1.29, 1.82) is 5.26 Å². The molecule has 0 N–H and O–H groups in total. The first-order valence-electron chi connectivity index (χ1n) is 9.31. The molecule has 3 rings (SSSR count). The molecule has 29 heavy (non-hydrogen) atoms. The molecule has 0 spiro atoms. The Bertz CT molecular complexity index is 1040. The third kappa shape index (κ3) is 4.63. The molecule has 1 fully saturated rings. The highest BCUT2D eigenvalue weighted by Gasteiger charge is 2.34. The number of benzene rings is 2. The van der Waals surface area contributed by atoms with Crippen molar-refractivity contribution in [2.45, 2.75) is 24.3 Å². The first-order chi connectivity index (χ1) is 13.8. The van der Waals surface area contributed by atoms with E-state index in [1.54, 1.807) is 36.2 Å². The van der Waals surface area contributed by atoms with Crippen molar-refractivity contribution < 1.29 is 17.6 Å². The van der Waals surface area contributed by atoms with Gasteiger partial charge in [-0.2, -0.15) is 9.57 Å². The van der Waals surface area contributed by atoms with Gasteiger partial charge in [0.2, 0.25) is 15.9 Å². The third-order valence-corrected chi connectivity index (χ3v) is 7.07. The van der Waals surface area contributed by atoms with Gasteiger partial charge in [-0.3, -0.25) is 4.79 Å². The standard InChI is InChI=1S/C21H22FN3O3S/c1-24(15-16-5-4-7-19(22)13-16)21(26)17-9-11-25(12-10-17)29(27,28)20-8-3-2-6-18(20)14-23/h2-8,13,17H,9-12,15H2,1H3. The van der Waals surface area contributed by atoms with Crippen LogP contribution in [-0.4, -0.2) is 43.7 Å². The molecule has 1 aliphatic rings. The topological polar surface area (TPSA) is 81.5 Å². The molecule has 0 aromatic heterocycles. The van der Waals surface area contributed by atoms with Crippen LogP contribution in [0.5, 0.6) is 0 Å². The first kappa shape index (κ1) is 21.0. The molecule has 8 heteroatoms. The lowest BCUT2D eigenvalue weighted by Gasteiger charge is -2.32.